The van der Waals surface area contributed by atoms with Gasteiger partial charge in [0.05, 0.1) is 11.6 Å². The Kier molecular flexibility index (Phi) is 5.87. The molecule has 1 heterocycles. The normalized spacial score (nSPS) is 41.7. The standard InChI is InChI=1S/C32H43N3O/c1-21-28-11-10-26-17-23-8-9-25-18-27(35(4)30(36)24-7-5-6-22(16-24)19-33)12-14-31(25,2)29(23)13-15-32(26,28)20-34(21)3/h5-7,9,16,21,23,26-29H,8,10-15,17-18,20H2,1-4H3. The van der Waals surface area contributed by atoms with Gasteiger partial charge in [0.25, 0.3) is 5.91 Å². The molecule has 0 bridgehead atoms. The summed E-state index contributed by atoms with van der Waals surface area (Å²) >= 11 is 0. The topological polar surface area (TPSA) is 47.3 Å². The van der Waals surface area contributed by atoms with Crippen molar-refractivity contribution in [1.29, 1.82) is 5.26 Å². The van der Waals surface area contributed by atoms with Gasteiger partial charge in [0.1, 0.15) is 0 Å². The molecule has 36 heavy (non-hydrogen) atoms. The van der Waals surface area contributed by atoms with Crippen molar-refractivity contribution >= 4 is 5.91 Å². The summed E-state index contributed by atoms with van der Waals surface area (Å²) in [5.74, 6) is 3.51. The lowest BCUT2D eigenvalue weighted by Gasteiger charge is -2.52. The van der Waals surface area contributed by atoms with Crippen molar-refractivity contribution in [2.75, 3.05) is 20.6 Å². The number of hydrogen-bond donors (Lipinski definition) is 0. The molecule has 4 fully saturated rings. The van der Waals surface area contributed by atoms with Gasteiger partial charge >= 0.3 is 0 Å². The minimum absolute atomic E-state index is 0.0434. The second-order valence-corrected chi connectivity index (χ2v) is 13.3. The molecule has 3 saturated carbocycles. The van der Waals surface area contributed by atoms with Gasteiger partial charge in [-0.1, -0.05) is 24.6 Å². The van der Waals surface area contributed by atoms with Crippen LogP contribution in [-0.2, 0) is 0 Å². The van der Waals surface area contributed by atoms with Crippen LogP contribution in [0.1, 0.15) is 87.6 Å². The van der Waals surface area contributed by atoms with Crippen LogP contribution in [0.25, 0.3) is 0 Å². The SMILES string of the molecule is CC1C2CCC3CC4CC=C5CC(N(C)C(=O)c6cccc(C#N)c6)CCC5(C)C4CCC32CN1C. The number of carbonyl (C=O) groups excluding carboxylic acids is 1. The van der Waals surface area contributed by atoms with Gasteiger partial charge in [-0.2, -0.15) is 5.26 Å². The molecule has 4 heteroatoms. The second-order valence-electron chi connectivity index (χ2n) is 13.3. The Labute approximate surface area is 217 Å². The van der Waals surface area contributed by atoms with E-state index >= 15 is 0 Å². The highest BCUT2D eigenvalue weighted by molar-refractivity contribution is 5.94. The smallest absolute Gasteiger partial charge is 0.253 e. The highest BCUT2D eigenvalue weighted by atomic mass is 16.2. The van der Waals surface area contributed by atoms with Gasteiger partial charge in [-0.25, -0.2) is 0 Å². The van der Waals surface area contributed by atoms with Crippen LogP contribution in [0.15, 0.2) is 35.9 Å². The summed E-state index contributed by atoms with van der Waals surface area (Å²) < 4.78 is 0. The molecular weight excluding hydrogens is 442 g/mol. The van der Waals surface area contributed by atoms with E-state index in [0.29, 0.717) is 22.0 Å². The predicted octanol–water partition coefficient (Wildman–Crippen LogP) is 6.28. The summed E-state index contributed by atoms with van der Waals surface area (Å²) in [7, 11) is 4.33. The largest absolute Gasteiger partial charge is 0.338 e. The molecule has 4 nitrogen and oxygen atoms in total. The Morgan fingerprint density at radius 2 is 2.00 bits per heavy atom. The van der Waals surface area contributed by atoms with Crippen LogP contribution in [0.4, 0.5) is 0 Å². The molecule has 1 aromatic rings. The Balaban J connectivity index is 1.20. The first kappa shape index (κ1) is 24.2. The number of hydrogen-bond acceptors (Lipinski definition) is 3. The lowest BCUT2D eigenvalue weighted by atomic mass is 9.55. The predicted molar refractivity (Wildman–Crippen MR) is 143 cm³/mol. The molecular formula is C32H43N3O. The summed E-state index contributed by atoms with van der Waals surface area (Å²) in [5, 5.41) is 9.25. The van der Waals surface area contributed by atoms with E-state index in [0.717, 1.165) is 42.6 Å². The van der Waals surface area contributed by atoms with Crippen LogP contribution in [-0.4, -0.2) is 48.4 Å². The Morgan fingerprint density at radius 1 is 1.17 bits per heavy atom. The molecule has 1 amide bonds. The van der Waals surface area contributed by atoms with Gasteiger partial charge in [-0.15, -0.1) is 0 Å². The van der Waals surface area contributed by atoms with Gasteiger partial charge in [0.15, 0.2) is 0 Å². The summed E-state index contributed by atoms with van der Waals surface area (Å²) in [6.45, 7) is 6.38. The van der Waals surface area contributed by atoms with Gasteiger partial charge in [0, 0.05) is 31.2 Å². The average molecular weight is 486 g/mol. The number of benzene rings is 1. The summed E-state index contributed by atoms with van der Waals surface area (Å²) in [5.41, 5.74) is 3.68. The molecule has 5 aliphatic rings. The fraction of sp³-hybridized carbons (Fsp3) is 0.688. The minimum Gasteiger partial charge on any atom is -0.338 e. The zero-order valence-corrected chi connectivity index (χ0v) is 22.7. The van der Waals surface area contributed by atoms with E-state index in [1.165, 1.54) is 51.5 Å². The van der Waals surface area contributed by atoms with Crippen LogP contribution in [0, 0.1) is 45.8 Å². The Bertz CT molecular complexity index is 1120. The third-order valence-corrected chi connectivity index (χ3v) is 12.1. The molecule has 1 aromatic carbocycles. The molecule has 1 spiro atoms. The van der Waals surface area contributed by atoms with E-state index in [1.807, 2.05) is 24.1 Å². The number of nitrogens with zero attached hydrogens (tertiary/aromatic N) is 3. The number of fused-ring (bicyclic) bond motifs is 3. The number of carbonyl (C=O) groups is 1. The summed E-state index contributed by atoms with van der Waals surface area (Å²) in [6.07, 6.45) is 14.3. The van der Waals surface area contributed by atoms with Crippen molar-refractivity contribution in [2.24, 2.45) is 34.5 Å². The van der Waals surface area contributed by atoms with Crippen LogP contribution in [0.3, 0.4) is 0 Å². The molecule has 8 unspecified atom stereocenters. The number of allylic oxidation sites excluding steroid dienone is 1. The van der Waals surface area contributed by atoms with Crippen LogP contribution < -0.4 is 0 Å². The van der Waals surface area contributed by atoms with Gasteiger partial charge < -0.3 is 9.80 Å². The maximum absolute atomic E-state index is 13.3. The maximum Gasteiger partial charge on any atom is 0.253 e. The van der Waals surface area contributed by atoms with Crippen LogP contribution in [0.5, 0.6) is 0 Å². The summed E-state index contributed by atoms with van der Waals surface area (Å²) in [4.78, 5) is 17.9. The van der Waals surface area contributed by atoms with E-state index in [4.69, 9.17) is 0 Å². The van der Waals surface area contributed by atoms with E-state index in [2.05, 4.69) is 37.9 Å². The third-order valence-electron chi connectivity index (χ3n) is 12.1. The quantitative estimate of drug-likeness (QED) is 0.463. The monoisotopic (exact) mass is 485 g/mol. The molecule has 192 valence electrons. The molecule has 0 radical (unpaired) electrons. The highest BCUT2D eigenvalue weighted by Gasteiger charge is 2.60. The lowest BCUT2D eigenvalue weighted by molar-refractivity contribution is 0.0529. The highest BCUT2D eigenvalue weighted by Crippen LogP contribution is 2.65. The molecule has 6 rings (SSSR count). The maximum atomic E-state index is 13.3. The van der Waals surface area contributed by atoms with Crippen molar-refractivity contribution < 1.29 is 4.79 Å². The first-order valence-corrected chi connectivity index (χ1v) is 14.4. The van der Waals surface area contributed by atoms with Crippen molar-refractivity contribution in [3.8, 4) is 6.07 Å². The van der Waals surface area contributed by atoms with Gasteiger partial charge in [-0.05, 0) is 124 Å². The minimum atomic E-state index is 0.0434. The van der Waals surface area contributed by atoms with Crippen molar-refractivity contribution in [1.82, 2.24) is 9.80 Å². The fourth-order valence-electron chi connectivity index (χ4n) is 9.92. The van der Waals surface area contributed by atoms with Crippen molar-refractivity contribution in [3.63, 3.8) is 0 Å². The van der Waals surface area contributed by atoms with Gasteiger partial charge in [-0.3, -0.25) is 4.79 Å². The first-order chi connectivity index (χ1) is 17.3. The Hall–Kier alpha value is -2.12. The molecule has 0 aromatic heterocycles. The molecule has 1 aliphatic heterocycles. The average Bonchev–Trinajstić information content (AvgIpc) is 3.28. The number of rotatable bonds is 2. The summed E-state index contributed by atoms with van der Waals surface area (Å²) in [6, 6.07) is 10.3. The van der Waals surface area contributed by atoms with Crippen molar-refractivity contribution in [2.45, 2.75) is 83.7 Å². The van der Waals surface area contributed by atoms with E-state index in [9.17, 15) is 10.1 Å². The van der Waals surface area contributed by atoms with Crippen molar-refractivity contribution in [3.05, 3.63) is 47.0 Å². The van der Waals surface area contributed by atoms with E-state index in [1.54, 1.807) is 17.7 Å². The fourth-order valence-corrected chi connectivity index (χ4v) is 9.92. The second kappa shape index (κ2) is 8.73. The zero-order chi connectivity index (χ0) is 25.2. The molecule has 0 N–H and O–H groups in total. The number of amides is 1. The number of nitriles is 1. The van der Waals surface area contributed by atoms with E-state index < -0.39 is 0 Å². The third kappa shape index (κ3) is 3.52. The molecule has 8 atom stereocenters. The van der Waals surface area contributed by atoms with Gasteiger partial charge in [0.2, 0.25) is 0 Å². The zero-order valence-electron chi connectivity index (χ0n) is 22.7. The first-order valence-electron chi connectivity index (χ1n) is 14.4. The van der Waals surface area contributed by atoms with Crippen LogP contribution in [0.2, 0.25) is 0 Å². The number of likely N-dealkylation sites (tertiary alicyclic amines) is 1. The van der Waals surface area contributed by atoms with Crippen LogP contribution >= 0.6 is 0 Å². The Morgan fingerprint density at radius 3 is 2.81 bits per heavy atom. The molecule has 4 aliphatic carbocycles. The molecule has 1 saturated heterocycles. The lowest BCUT2D eigenvalue weighted by Crippen LogP contribution is -2.47. The van der Waals surface area contributed by atoms with E-state index in [-0.39, 0.29) is 11.9 Å².